The number of para-hydroxylation sites is 1. The Morgan fingerprint density at radius 3 is 2.68 bits per heavy atom. The van der Waals surface area contributed by atoms with Crippen LogP contribution in [0.5, 0.6) is 5.75 Å². The van der Waals surface area contributed by atoms with Crippen molar-refractivity contribution in [2.45, 2.75) is 25.8 Å². The van der Waals surface area contributed by atoms with Crippen molar-refractivity contribution < 1.29 is 9.53 Å². The predicted molar refractivity (Wildman–Crippen MR) is 134 cm³/mol. The monoisotopic (exact) mass is 537 g/mol. The van der Waals surface area contributed by atoms with Crippen LogP contribution in [0.25, 0.3) is 0 Å². The van der Waals surface area contributed by atoms with Crippen molar-refractivity contribution in [3.8, 4) is 5.75 Å². The molecule has 1 fully saturated rings. The first kappa shape index (κ1) is 24.9. The van der Waals surface area contributed by atoms with Crippen molar-refractivity contribution in [3.05, 3.63) is 59.9 Å². The molecule has 1 heterocycles. The van der Waals surface area contributed by atoms with Gasteiger partial charge in [0.05, 0.1) is 13.2 Å². The van der Waals surface area contributed by atoms with Crippen molar-refractivity contribution in [1.82, 2.24) is 20.5 Å². The molecule has 0 bridgehead atoms. The highest BCUT2D eigenvalue weighted by molar-refractivity contribution is 14.0. The lowest BCUT2D eigenvalue weighted by molar-refractivity contribution is -0.128. The molecule has 2 aromatic rings. The minimum absolute atomic E-state index is 0. The maximum Gasteiger partial charge on any atom is 0.241 e. The highest BCUT2D eigenvalue weighted by Crippen LogP contribution is 2.30. The number of ether oxygens (including phenoxy) is 1. The molecular weight excluding hydrogens is 505 g/mol. The van der Waals surface area contributed by atoms with Crippen LogP contribution in [0, 0.1) is 5.92 Å². The quantitative estimate of drug-likeness (QED) is 0.277. The van der Waals surface area contributed by atoms with Crippen LogP contribution in [-0.2, 0) is 17.8 Å². The number of amides is 1. The summed E-state index contributed by atoms with van der Waals surface area (Å²) in [6.07, 6.45) is 5.03. The van der Waals surface area contributed by atoms with Gasteiger partial charge < -0.3 is 20.3 Å². The Labute approximate surface area is 201 Å². The third kappa shape index (κ3) is 8.72. The number of hydrogen-bond donors (Lipinski definition) is 2. The van der Waals surface area contributed by atoms with Gasteiger partial charge in [0, 0.05) is 51.1 Å². The number of aliphatic imine (C=N–C) groups is 1. The van der Waals surface area contributed by atoms with E-state index < -0.39 is 0 Å². The third-order valence-electron chi connectivity index (χ3n) is 5.08. The first-order chi connectivity index (χ1) is 14.7. The molecule has 1 aliphatic carbocycles. The fraction of sp³-hybridized carbons (Fsp3) is 0.435. The van der Waals surface area contributed by atoms with E-state index in [0.717, 1.165) is 30.0 Å². The molecule has 0 aliphatic heterocycles. The number of hydrogen-bond acceptors (Lipinski definition) is 4. The number of likely N-dealkylation sites (N-methyl/N-ethyl adjacent to an activating group) is 1. The molecule has 0 unspecified atom stereocenters. The molecule has 0 saturated heterocycles. The van der Waals surface area contributed by atoms with Crippen molar-refractivity contribution in [2.75, 3.05) is 33.8 Å². The van der Waals surface area contributed by atoms with Crippen LogP contribution >= 0.6 is 24.0 Å². The largest absolute Gasteiger partial charge is 0.493 e. The summed E-state index contributed by atoms with van der Waals surface area (Å²) in [6, 6.07) is 13.8. The van der Waals surface area contributed by atoms with Gasteiger partial charge in [-0.2, -0.15) is 0 Å². The Morgan fingerprint density at radius 1 is 1.19 bits per heavy atom. The van der Waals surface area contributed by atoms with E-state index in [2.05, 4.69) is 20.6 Å². The van der Waals surface area contributed by atoms with Gasteiger partial charge >= 0.3 is 0 Å². The predicted octanol–water partition coefficient (Wildman–Crippen LogP) is 2.85. The number of pyridine rings is 1. The summed E-state index contributed by atoms with van der Waals surface area (Å²) in [4.78, 5) is 22.6. The van der Waals surface area contributed by atoms with Crippen LogP contribution in [-0.4, -0.2) is 55.5 Å². The Hall–Kier alpha value is -2.36. The average Bonchev–Trinajstić information content (AvgIpc) is 3.62. The highest BCUT2D eigenvalue weighted by Gasteiger charge is 2.22. The molecule has 0 atom stereocenters. The van der Waals surface area contributed by atoms with E-state index in [-0.39, 0.29) is 36.4 Å². The standard InChI is InChI=1S/C23H31N5O2.HI/c1-24-23(26-15-19-7-3-4-9-21(19)30-17-18-10-11-18)27-16-22(29)28(2)14-12-20-8-5-6-13-25-20;/h3-9,13,18H,10-12,14-17H2,1-2H3,(H2,24,26,27);1H. The van der Waals surface area contributed by atoms with Gasteiger partial charge in [0.15, 0.2) is 5.96 Å². The molecule has 0 spiro atoms. The van der Waals surface area contributed by atoms with Crippen LogP contribution in [0.2, 0.25) is 0 Å². The molecule has 1 saturated carbocycles. The molecule has 168 valence electrons. The molecular formula is C23H32IN5O2. The molecule has 2 N–H and O–H groups in total. The minimum atomic E-state index is 0. The van der Waals surface area contributed by atoms with E-state index in [1.54, 1.807) is 25.2 Å². The first-order valence-electron chi connectivity index (χ1n) is 10.4. The molecule has 31 heavy (non-hydrogen) atoms. The summed E-state index contributed by atoms with van der Waals surface area (Å²) in [5, 5.41) is 6.35. The molecule has 0 radical (unpaired) electrons. The zero-order valence-corrected chi connectivity index (χ0v) is 20.5. The lowest BCUT2D eigenvalue weighted by atomic mass is 10.2. The van der Waals surface area contributed by atoms with Crippen molar-refractivity contribution in [2.24, 2.45) is 10.9 Å². The van der Waals surface area contributed by atoms with E-state index >= 15 is 0 Å². The van der Waals surface area contributed by atoms with Crippen LogP contribution < -0.4 is 15.4 Å². The molecule has 1 aromatic heterocycles. The number of nitrogens with one attached hydrogen (secondary N) is 2. The second kappa shape index (κ2) is 13.1. The van der Waals surface area contributed by atoms with Gasteiger partial charge in [-0.1, -0.05) is 24.3 Å². The molecule has 7 nitrogen and oxygen atoms in total. The van der Waals surface area contributed by atoms with Gasteiger partial charge in [0.1, 0.15) is 5.75 Å². The van der Waals surface area contributed by atoms with Gasteiger partial charge in [0.2, 0.25) is 5.91 Å². The van der Waals surface area contributed by atoms with E-state index in [9.17, 15) is 4.79 Å². The van der Waals surface area contributed by atoms with Gasteiger partial charge in [0.25, 0.3) is 0 Å². The van der Waals surface area contributed by atoms with Crippen LogP contribution in [0.1, 0.15) is 24.1 Å². The summed E-state index contributed by atoms with van der Waals surface area (Å²) in [7, 11) is 3.50. The maximum atomic E-state index is 12.4. The van der Waals surface area contributed by atoms with Crippen molar-refractivity contribution in [3.63, 3.8) is 0 Å². The number of rotatable bonds is 10. The maximum absolute atomic E-state index is 12.4. The number of carbonyl (C=O) groups excluding carboxylic acids is 1. The summed E-state index contributed by atoms with van der Waals surface area (Å²) in [5.74, 6) is 2.19. The Bertz CT molecular complexity index is 843. The summed E-state index contributed by atoms with van der Waals surface area (Å²) >= 11 is 0. The SMILES string of the molecule is CN=C(NCC(=O)N(C)CCc1ccccn1)NCc1ccccc1OCC1CC1.I. The zero-order valence-electron chi connectivity index (χ0n) is 18.2. The Balaban J connectivity index is 0.00000341. The fourth-order valence-corrected chi connectivity index (χ4v) is 2.93. The average molecular weight is 537 g/mol. The van der Waals surface area contributed by atoms with E-state index in [1.165, 1.54) is 12.8 Å². The molecule has 1 aromatic carbocycles. The number of halogens is 1. The smallest absolute Gasteiger partial charge is 0.241 e. The van der Waals surface area contributed by atoms with Crippen molar-refractivity contribution in [1.29, 1.82) is 0 Å². The summed E-state index contributed by atoms with van der Waals surface area (Å²) in [5.41, 5.74) is 2.05. The summed E-state index contributed by atoms with van der Waals surface area (Å²) < 4.78 is 5.95. The van der Waals surface area contributed by atoms with Gasteiger partial charge in [-0.05, 0) is 37.0 Å². The lowest BCUT2D eigenvalue weighted by Gasteiger charge is -2.19. The van der Waals surface area contributed by atoms with Crippen LogP contribution in [0.15, 0.2) is 53.7 Å². The Kier molecular flexibility index (Phi) is 10.6. The van der Waals surface area contributed by atoms with E-state index in [4.69, 9.17) is 4.74 Å². The topological polar surface area (TPSA) is 78.9 Å². The third-order valence-corrected chi connectivity index (χ3v) is 5.08. The number of guanidine groups is 1. The lowest BCUT2D eigenvalue weighted by Crippen LogP contribution is -2.43. The van der Waals surface area contributed by atoms with Crippen molar-refractivity contribution >= 4 is 35.8 Å². The molecule has 8 heteroatoms. The Morgan fingerprint density at radius 2 is 1.97 bits per heavy atom. The van der Waals surface area contributed by atoms with Gasteiger partial charge in [-0.3, -0.25) is 14.8 Å². The van der Waals surface area contributed by atoms with Gasteiger partial charge in [-0.15, -0.1) is 24.0 Å². The number of benzene rings is 1. The zero-order chi connectivity index (χ0) is 21.2. The second-order valence-electron chi connectivity index (χ2n) is 7.53. The number of carbonyl (C=O) groups is 1. The van der Waals surface area contributed by atoms with Crippen LogP contribution in [0.4, 0.5) is 0 Å². The number of aromatic nitrogens is 1. The van der Waals surface area contributed by atoms with E-state index in [1.807, 2.05) is 42.5 Å². The minimum Gasteiger partial charge on any atom is -0.493 e. The first-order valence-corrected chi connectivity index (χ1v) is 10.4. The highest BCUT2D eigenvalue weighted by atomic mass is 127. The van der Waals surface area contributed by atoms with Crippen LogP contribution in [0.3, 0.4) is 0 Å². The second-order valence-corrected chi connectivity index (χ2v) is 7.53. The molecule has 3 rings (SSSR count). The molecule has 1 aliphatic rings. The summed E-state index contributed by atoms with van der Waals surface area (Å²) in [6.45, 7) is 2.15. The fourth-order valence-electron chi connectivity index (χ4n) is 2.93. The van der Waals surface area contributed by atoms with Gasteiger partial charge in [-0.25, -0.2) is 0 Å². The normalized spacial score (nSPS) is 13.2. The molecule has 1 amide bonds. The number of nitrogens with zero attached hydrogens (tertiary/aromatic N) is 3. The van der Waals surface area contributed by atoms with E-state index in [0.29, 0.717) is 25.0 Å².